The van der Waals surface area contributed by atoms with E-state index in [4.69, 9.17) is 20.5 Å². The van der Waals surface area contributed by atoms with E-state index in [9.17, 15) is 0 Å². The second-order valence-electron chi connectivity index (χ2n) is 13.3. The van der Waals surface area contributed by atoms with Crippen molar-refractivity contribution in [3.05, 3.63) is 96.9 Å². The Balaban J connectivity index is 0.000000165. The molecule has 302 valence electrons. The zero-order chi connectivity index (χ0) is 41.4. The third-order valence-corrected chi connectivity index (χ3v) is 10.2. The highest BCUT2D eigenvalue weighted by atomic mass is 127. The lowest BCUT2D eigenvalue weighted by molar-refractivity contribution is 0.272. The highest BCUT2D eigenvalue weighted by molar-refractivity contribution is 14.1. The molecule has 0 spiro atoms. The molecule has 0 aliphatic heterocycles. The van der Waals surface area contributed by atoms with Crippen molar-refractivity contribution in [2.45, 2.75) is 49.4 Å². The van der Waals surface area contributed by atoms with E-state index in [1.807, 2.05) is 47.5 Å². The van der Waals surface area contributed by atoms with Gasteiger partial charge in [0.2, 0.25) is 23.5 Å². The molecule has 20 nitrogen and oxygen atoms in total. The van der Waals surface area contributed by atoms with Crippen LogP contribution in [0.25, 0.3) is 45.9 Å². The van der Waals surface area contributed by atoms with Crippen LogP contribution in [0.5, 0.6) is 0 Å². The fourth-order valence-electron chi connectivity index (χ4n) is 6.79. The lowest BCUT2D eigenvalue weighted by Crippen LogP contribution is -2.36. The van der Waals surface area contributed by atoms with Crippen molar-refractivity contribution in [3.8, 4) is 45.9 Å². The van der Waals surface area contributed by atoms with E-state index in [1.165, 1.54) is 6.33 Å². The van der Waals surface area contributed by atoms with Crippen LogP contribution < -0.4 is 11.5 Å². The molecule has 22 heteroatoms. The van der Waals surface area contributed by atoms with Crippen molar-refractivity contribution in [2.75, 3.05) is 21.3 Å². The van der Waals surface area contributed by atoms with Crippen molar-refractivity contribution in [2.24, 2.45) is 7.05 Å². The number of rotatable bonds is 8. The van der Waals surface area contributed by atoms with Crippen LogP contribution in [0.2, 0.25) is 0 Å². The molecular weight excluding hydrogens is 982 g/mol. The predicted molar refractivity (Wildman–Crippen MR) is 232 cm³/mol. The molecular formula is C37H38I2N18O2. The summed E-state index contributed by atoms with van der Waals surface area (Å²) in [6.45, 7) is 0. The van der Waals surface area contributed by atoms with Gasteiger partial charge in [-0.15, -0.1) is 10.2 Å². The number of anilines is 2. The fraction of sp³-hybridized carbons (Fsp3) is 0.297. The number of pyridine rings is 2. The largest absolute Gasteiger partial charge is 0.368 e. The van der Waals surface area contributed by atoms with Crippen LogP contribution in [0, 0.1) is 0 Å². The Bertz CT molecular complexity index is 2530. The van der Waals surface area contributed by atoms with E-state index in [-0.39, 0.29) is 22.7 Å². The van der Waals surface area contributed by atoms with Crippen molar-refractivity contribution < 1.29 is 9.05 Å². The zero-order valence-electron chi connectivity index (χ0n) is 32.1. The number of hydrogen-bond donors (Lipinski definition) is 3. The number of nitrogen functional groups attached to an aromatic ring is 2. The first kappa shape index (κ1) is 41.2. The molecule has 0 radical (unpaired) electrons. The summed E-state index contributed by atoms with van der Waals surface area (Å²) >= 11 is 4.30. The summed E-state index contributed by atoms with van der Waals surface area (Å²) in [7, 11) is 1.84. The Morgan fingerprint density at radius 3 is 1.53 bits per heavy atom. The van der Waals surface area contributed by atoms with Crippen molar-refractivity contribution in [1.29, 1.82) is 0 Å². The predicted octanol–water partition coefficient (Wildman–Crippen LogP) is 5.63. The molecule has 2 aliphatic carbocycles. The second kappa shape index (κ2) is 18.3. The van der Waals surface area contributed by atoms with Gasteiger partial charge >= 0.3 is 0 Å². The van der Waals surface area contributed by atoms with Crippen molar-refractivity contribution in [3.63, 3.8) is 0 Å². The summed E-state index contributed by atoms with van der Waals surface area (Å²) in [4.78, 5) is 42.4. The molecule has 8 heterocycles. The van der Waals surface area contributed by atoms with E-state index < -0.39 is 0 Å². The third kappa shape index (κ3) is 8.35. The first-order chi connectivity index (χ1) is 28.9. The standard InChI is InChI=1S/C18H17N9O.C17H15N9O.2CH3I/c1-27-10-23-25-14(27)15-24-16(26-28-15)18(5-2-6-18)12-3-4-13(20-9-12)11-7-21-17(19)22-8-11;18-16-20-6-10(7-21-16)12-3-2-11(8-19-12)17(4-1-5-17)15-24-14(27-26-15)13-22-9-23-25-13;2*1-2/h3-4,7-10H,2,5-6H2,1H3,(H2,19,21,22);2-3,6-9H,1,4-5H2,(H2,18,20,21)(H,22,23,25);2*1H3. The average Bonchev–Trinajstić information content (AvgIpc) is 4.10. The first-order valence-corrected chi connectivity index (χ1v) is 22.4. The van der Waals surface area contributed by atoms with E-state index in [0.29, 0.717) is 35.1 Å². The summed E-state index contributed by atoms with van der Waals surface area (Å²) in [5, 5.41) is 22.9. The lowest BCUT2D eigenvalue weighted by Gasteiger charge is -2.39. The van der Waals surface area contributed by atoms with Crippen LogP contribution in [-0.2, 0) is 17.9 Å². The van der Waals surface area contributed by atoms with Crippen LogP contribution in [0.3, 0.4) is 0 Å². The minimum atomic E-state index is -0.288. The molecule has 8 aromatic heterocycles. The van der Waals surface area contributed by atoms with Crippen molar-refractivity contribution >= 4 is 57.1 Å². The average molecular weight is 1020 g/mol. The van der Waals surface area contributed by atoms with Gasteiger partial charge in [-0.25, -0.2) is 24.9 Å². The number of aromatic amines is 1. The smallest absolute Gasteiger partial charge is 0.295 e. The van der Waals surface area contributed by atoms with E-state index >= 15 is 0 Å². The van der Waals surface area contributed by atoms with E-state index in [2.05, 4.69) is 127 Å². The molecule has 0 saturated heterocycles. The summed E-state index contributed by atoms with van der Waals surface area (Å²) in [6, 6.07) is 7.99. The number of alkyl halides is 2. The van der Waals surface area contributed by atoms with Crippen LogP contribution in [0.4, 0.5) is 11.9 Å². The Kier molecular flexibility index (Phi) is 12.8. The summed E-state index contributed by atoms with van der Waals surface area (Å²) in [5.74, 6) is 3.48. The van der Waals surface area contributed by atoms with Crippen LogP contribution in [0.1, 0.15) is 61.3 Å². The maximum absolute atomic E-state index is 5.55. The summed E-state index contributed by atoms with van der Waals surface area (Å²) in [6.07, 6.45) is 19.3. The molecule has 8 aromatic rings. The molecule has 0 bridgehead atoms. The Morgan fingerprint density at radius 2 is 1.14 bits per heavy atom. The highest BCUT2D eigenvalue weighted by Crippen LogP contribution is 2.49. The quantitative estimate of drug-likeness (QED) is 0.123. The molecule has 0 amide bonds. The van der Waals surface area contributed by atoms with E-state index in [1.54, 1.807) is 35.7 Å². The number of aromatic nitrogens is 16. The fourth-order valence-corrected chi connectivity index (χ4v) is 6.79. The summed E-state index contributed by atoms with van der Waals surface area (Å²) in [5.41, 5.74) is 15.8. The number of nitrogens with zero attached hydrogens (tertiary/aromatic N) is 15. The molecule has 2 aliphatic rings. The van der Waals surface area contributed by atoms with Crippen LogP contribution in [0.15, 0.2) is 83.1 Å². The first-order valence-electron chi connectivity index (χ1n) is 18.1. The Hall–Kier alpha value is -5.92. The normalized spacial score (nSPS) is 14.5. The maximum Gasteiger partial charge on any atom is 0.295 e. The van der Waals surface area contributed by atoms with E-state index in [0.717, 1.165) is 72.2 Å². The van der Waals surface area contributed by atoms with Gasteiger partial charge in [0.15, 0.2) is 11.6 Å². The number of nitrogens with one attached hydrogen (secondary N) is 1. The SMILES string of the molecule is CI.CI.Cn1cnnc1-c1nc(C2(c3ccc(-c4cnc(N)nc4)nc3)CCC2)no1.Nc1ncc(-c2ccc(C3(c4noc(-c5ncn[nH]5)n4)CCC3)cn2)cn1. The molecule has 5 N–H and O–H groups in total. The number of H-pyrrole nitrogens is 1. The molecule has 0 aromatic carbocycles. The van der Waals surface area contributed by atoms with Gasteiger partial charge in [-0.2, -0.15) is 15.1 Å². The number of halogens is 2. The lowest BCUT2D eigenvalue weighted by atomic mass is 9.64. The minimum Gasteiger partial charge on any atom is -0.368 e. The van der Waals surface area contributed by atoms with Gasteiger partial charge < -0.3 is 25.1 Å². The van der Waals surface area contributed by atoms with Crippen LogP contribution in [-0.4, -0.2) is 90.0 Å². The topological polar surface area (TPSA) is 279 Å². The van der Waals surface area contributed by atoms with Gasteiger partial charge in [0.25, 0.3) is 11.8 Å². The molecule has 2 fully saturated rings. The molecule has 0 atom stereocenters. The van der Waals surface area contributed by atoms with Gasteiger partial charge in [-0.1, -0.05) is 80.5 Å². The van der Waals surface area contributed by atoms with Gasteiger partial charge in [0.05, 0.1) is 22.2 Å². The van der Waals surface area contributed by atoms with Gasteiger partial charge in [0.1, 0.15) is 12.7 Å². The minimum absolute atomic E-state index is 0.239. The Morgan fingerprint density at radius 1 is 0.644 bits per heavy atom. The third-order valence-electron chi connectivity index (χ3n) is 10.2. The highest BCUT2D eigenvalue weighted by Gasteiger charge is 2.46. The second-order valence-corrected chi connectivity index (χ2v) is 13.3. The molecule has 2 saturated carbocycles. The number of nitrogens with two attached hydrogens (primary N) is 2. The summed E-state index contributed by atoms with van der Waals surface area (Å²) < 4.78 is 12.6. The molecule has 10 rings (SSSR count). The van der Waals surface area contributed by atoms with Gasteiger partial charge in [-0.3, -0.25) is 15.1 Å². The van der Waals surface area contributed by atoms with Gasteiger partial charge in [-0.05, 0) is 58.8 Å². The maximum atomic E-state index is 5.55. The zero-order valence-corrected chi connectivity index (χ0v) is 36.4. The molecule has 0 unspecified atom stereocenters. The van der Waals surface area contributed by atoms with Gasteiger partial charge in [0, 0.05) is 55.4 Å². The monoisotopic (exact) mass is 1020 g/mol. The molecule has 59 heavy (non-hydrogen) atoms. The number of aryl methyl sites for hydroxylation is 1. The van der Waals surface area contributed by atoms with Crippen LogP contribution >= 0.6 is 45.2 Å². The Labute approximate surface area is 364 Å². The van der Waals surface area contributed by atoms with Crippen molar-refractivity contribution in [1.82, 2.24) is 80.1 Å². The number of hydrogen-bond acceptors (Lipinski definition) is 18.